The quantitative estimate of drug-likeness (QED) is 0.604. The third-order valence-electron chi connectivity index (χ3n) is 2.30. The summed E-state index contributed by atoms with van der Waals surface area (Å²) in [6.07, 6.45) is 2.36. The predicted molar refractivity (Wildman–Crippen MR) is 75.4 cm³/mol. The highest BCUT2D eigenvalue weighted by atomic mass is 35.5. The largest absolute Gasteiger partial charge is 0.491 e. The Labute approximate surface area is 113 Å². The molecule has 0 aromatic heterocycles. The third-order valence-corrected chi connectivity index (χ3v) is 2.56. The Morgan fingerprint density at radius 1 is 1.28 bits per heavy atom. The first-order valence-corrected chi connectivity index (χ1v) is 6.78. The summed E-state index contributed by atoms with van der Waals surface area (Å²) in [6.45, 7) is 3.96. The summed E-state index contributed by atoms with van der Waals surface area (Å²) in [5.41, 5.74) is 0.793. The number of ether oxygens (including phenoxy) is 1. The molecule has 0 heterocycles. The van der Waals surface area contributed by atoms with Crippen molar-refractivity contribution < 1.29 is 9.53 Å². The number of carbonyl (C=O) groups is 1. The van der Waals surface area contributed by atoms with E-state index in [-0.39, 0.29) is 12.0 Å². The SMILES string of the molecule is CC(C)Oc1ccc(NC(=O)CCCCCl)cc1. The van der Waals surface area contributed by atoms with E-state index in [1.807, 2.05) is 38.1 Å². The van der Waals surface area contributed by atoms with Crippen molar-refractivity contribution in [2.45, 2.75) is 39.2 Å². The standard InChI is InChI=1S/C14H20ClNO2/c1-11(2)18-13-8-6-12(7-9-13)16-14(17)5-3-4-10-15/h6-9,11H,3-5,10H2,1-2H3,(H,16,17). The Morgan fingerprint density at radius 3 is 2.50 bits per heavy atom. The normalized spacial score (nSPS) is 10.4. The second-order valence-corrected chi connectivity index (χ2v) is 4.76. The van der Waals surface area contributed by atoms with Crippen molar-refractivity contribution in [2.24, 2.45) is 0 Å². The molecule has 18 heavy (non-hydrogen) atoms. The summed E-state index contributed by atoms with van der Waals surface area (Å²) >= 11 is 5.56. The van der Waals surface area contributed by atoms with Gasteiger partial charge >= 0.3 is 0 Å². The highest BCUT2D eigenvalue weighted by Crippen LogP contribution is 2.17. The molecule has 1 N–H and O–H groups in total. The maximum atomic E-state index is 11.6. The molecule has 0 atom stereocenters. The van der Waals surface area contributed by atoms with Crippen molar-refractivity contribution in [1.82, 2.24) is 0 Å². The second-order valence-electron chi connectivity index (χ2n) is 4.39. The van der Waals surface area contributed by atoms with Gasteiger partial charge < -0.3 is 10.1 Å². The molecule has 0 aliphatic carbocycles. The van der Waals surface area contributed by atoms with Crippen LogP contribution in [0.15, 0.2) is 24.3 Å². The average Bonchev–Trinajstić information content (AvgIpc) is 2.31. The maximum absolute atomic E-state index is 11.6. The Bertz CT molecular complexity index is 363. The molecule has 0 unspecified atom stereocenters. The van der Waals surface area contributed by atoms with Crippen molar-refractivity contribution in [3.63, 3.8) is 0 Å². The van der Waals surface area contributed by atoms with Gasteiger partial charge in [-0.3, -0.25) is 4.79 Å². The first kappa shape index (κ1) is 14.8. The summed E-state index contributed by atoms with van der Waals surface area (Å²) in [4.78, 5) is 11.6. The first-order chi connectivity index (χ1) is 8.61. The van der Waals surface area contributed by atoms with Crippen molar-refractivity contribution in [1.29, 1.82) is 0 Å². The molecule has 0 radical (unpaired) electrons. The van der Waals surface area contributed by atoms with E-state index < -0.39 is 0 Å². The number of halogens is 1. The lowest BCUT2D eigenvalue weighted by Crippen LogP contribution is -2.11. The number of alkyl halides is 1. The van der Waals surface area contributed by atoms with Crippen LogP contribution in [0.1, 0.15) is 33.1 Å². The van der Waals surface area contributed by atoms with E-state index in [0.29, 0.717) is 12.3 Å². The van der Waals surface area contributed by atoms with Crippen LogP contribution >= 0.6 is 11.6 Å². The van der Waals surface area contributed by atoms with Crippen LogP contribution in [0.25, 0.3) is 0 Å². The number of hydrogen-bond donors (Lipinski definition) is 1. The Hall–Kier alpha value is -1.22. The molecule has 1 amide bonds. The summed E-state index contributed by atoms with van der Waals surface area (Å²) in [5.74, 6) is 1.44. The highest BCUT2D eigenvalue weighted by molar-refractivity contribution is 6.17. The van der Waals surface area contributed by atoms with Gasteiger partial charge in [-0.05, 0) is 51.0 Å². The van der Waals surface area contributed by atoms with Crippen LogP contribution in [0.3, 0.4) is 0 Å². The van der Waals surface area contributed by atoms with Gasteiger partial charge in [-0.15, -0.1) is 11.6 Å². The number of unbranched alkanes of at least 4 members (excludes halogenated alkanes) is 1. The Kier molecular flexibility index (Phi) is 6.58. The average molecular weight is 270 g/mol. The summed E-state index contributed by atoms with van der Waals surface area (Å²) in [7, 11) is 0. The fourth-order valence-corrected chi connectivity index (χ4v) is 1.68. The predicted octanol–water partition coefficient (Wildman–Crippen LogP) is 3.82. The van der Waals surface area contributed by atoms with Gasteiger partial charge in [0, 0.05) is 18.0 Å². The van der Waals surface area contributed by atoms with E-state index in [1.165, 1.54) is 0 Å². The van der Waals surface area contributed by atoms with E-state index in [2.05, 4.69) is 5.32 Å². The smallest absolute Gasteiger partial charge is 0.224 e. The number of amides is 1. The van der Waals surface area contributed by atoms with Gasteiger partial charge in [-0.25, -0.2) is 0 Å². The van der Waals surface area contributed by atoms with Crippen LogP contribution in [0.2, 0.25) is 0 Å². The maximum Gasteiger partial charge on any atom is 0.224 e. The van der Waals surface area contributed by atoms with Gasteiger partial charge in [-0.1, -0.05) is 0 Å². The number of benzene rings is 1. The molecule has 3 nitrogen and oxygen atoms in total. The topological polar surface area (TPSA) is 38.3 Å². The van der Waals surface area contributed by atoms with Crippen LogP contribution in [-0.2, 0) is 4.79 Å². The van der Waals surface area contributed by atoms with Gasteiger partial charge in [0.25, 0.3) is 0 Å². The molecule has 0 fully saturated rings. The van der Waals surface area contributed by atoms with Crippen molar-refractivity contribution in [3.8, 4) is 5.75 Å². The fraction of sp³-hybridized carbons (Fsp3) is 0.500. The fourth-order valence-electron chi connectivity index (χ4n) is 1.49. The minimum Gasteiger partial charge on any atom is -0.491 e. The zero-order valence-electron chi connectivity index (χ0n) is 10.9. The lowest BCUT2D eigenvalue weighted by molar-refractivity contribution is -0.116. The molecular formula is C14H20ClNO2. The molecule has 1 aromatic carbocycles. The zero-order chi connectivity index (χ0) is 13.4. The molecular weight excluding hydrogens is 250 g/mol. The molecule has 0 saturated heterocycles. The van der Waals surface area contributed by atoms with Gasteiger partial charge in [-0.2, -0.15) is 0 Å². The van der Waals surface area contributed by atoms with Crippen LogP contribution in [0.5, 0.6) is 5.75 Å². The third kappa shape index (κ3) is 5.92. The summed E-state index contributed by atoms with van der Waals surface area (Å²) in [5, 5.41) is 2.84. The van der Waals surface area contributed by atoms with E-state index in [1.54, 1.807) is 0 Å². The van der Waals surface area contributed by atoms with Crippen LogP contribution in [-0.4, -0.2) is 17.9 Å². The summed E-state index contributed by atoms with van der Waals surface area (Å²) in [6, 6.07) is 7.40. The van der Waals surface area contributed by atoms with Gasteiger partial charge in [0.2, 0.25) is 5.91 Å². The van der Waals surface area contributed by atoms with E-state index in [9.17, 15) is 4.79 Å². The molecule has 0 aliphatic heterocycles. The number of carbonyl (C=O) groups excluding carboxylic acids is 1. The second kappa shape index (κ2) is 7.98. The van der Waals surface area contributed by atoms with Crippen LogP contribution < -0.4 is 10.1 Å². The number of nitrogens with one attached hydrogen (secondary N) is 1. The molecule has 4 heteroatoms. The van der Waals surface area contributed by atoms with E-state index in [0.717, 1.165) is 24.3 Å². The highest BCUT2D eigenvalue weighted by Gasteiger charge is 2.03. The molecule has 0 spiro atoms. The van der Waals surface area contributed by atoms with Gasteiger partial charge in [0.15, 0.2) is 0 Å². The molecule has 0 bridgehead atoms. The molecule has 100 valence electrons. The van der Waals surface area contributed by atoms with E-state index in [4.69, 9.17) is 16.3 Å². The van der Waals surface area contributed by atoms with Crippen LogP contribution in [0, 0.1) is 0 Å². The zero-order valence-corrected chi connectivity index (χ0v) is 11.7. The minimum atomic E-state index is 0.0256. The number of anilines is 1. The van der Waals surface area contributed by atoms with Crippen LogP contribution in [0.4, 0.5) is 5.69 Å². The molecule has 1 rings (SSSR count). The molecule has 1 aromatic rings. The van der Waals surface area contributed by atoms with Gasteiger partial charge in [0.05, 0.1) is 6.10 Å². The van der Waals surface area contributed by atoms with Crippen molar-refractivity contribution in [3.05, 3.63) is 24.3 Å². The Morgan fingerprint density at radius 2 is 1.94 bits per heavy atom. The molecule has 0 aliphatic rings. The summed E-state index contributed by atoms with van der Waals surface area (Å²) < 4.78 is 5.53. The van der Waals surface area contributed by atoms with Crippen molar-refractivity contribution in [2.75, 3.05) is 11.2 Å². The molecule has 0 saturated carbocycles. The van der Waals surface area contributed by atoms with Crippen molar-refractivity contribution >= 4 is 23.2 Å². The number of rotatable bonds is 7. The number of hydrogen-bond acceptors (Lipinski definition) is 2. The minimum absolute atomic E-state index is 0.0256. The first-order valence-electron chi connectivity index (χ1n) is 6.24. The lowest BCUT2D eigenvalue weighted by Gasteiger charge is -2.10. The monoisotopic (exact) mass is 269 g/mol. The van der Waals surface area contributed by atoms with E-state index >= 15 is 0 Å². The lowest BCUT2D eigenvalue weighted by atomic mass is 10.2. The Balaban J connectivity index is 2.40. The van der Waals surface area contributed by atoms with Gasteiger partial charge in [0.1, 0.15) is 5.75 Å².